The Kier molecular flexibility index (Phi) is 10.9. The van der Waals surface area contributed by atoms with Crippen LogP contribution in [-0.4, -0.2) is 21.6 Å². The Balaban J connectivity index is 1.48. The summed E-state index contributed by atoms with van der Waals surface area (Å²) >= 11 is 0. The van der Waals surface area contributed by atoms with E-state index >= 15 is 0 Å². The third-order valence-electron chi connectivity index (χ3n) is 5.99. The van der Waals surface area contributed by atoms with Gasteiger partial charge in [-0.05, 0) is 37.0 Å². The first-order chi connectivity index (χ1) is 16.3. The molecule has 0 aliphatic rings. The highest BCUT2D eigenvalue weighted by molar-refractivity contribution is 5.63. The number of hydrogen-bond donors (Lipinski definition) is 0. The lowest BCUT2D eigenvalue weighted by molar-refractivity contribution is 0.302. The van der Waals surface area contributed by atoms with Gasteiger partial charge in [0.25, 0.3) is 0 Å². The topological polar surface area (TPSA) is 47.9 Å². The lowest BCUT2D eigenvalue weighted by Gasteiger charge is -2.07. The summed E-state index contributed by atoms with van der Waals surface area (Å²) in [6.45, 7) is 5.21. The van der Waals surface area contributed by atoms with Crippen molar-refractivity contribution in [2.75, 3.05) is 6.61 Å². The molecule has 4 heteroatoms. The Hall–Kier alpha value is -2.75. The summed E-state index contributed by atoms with van der Waals surface area (Å²) in [4.78, 5) is 13.6. The summed E-state index contributed by atoms with van der Waals surface area (Å²) in [7, 11) is 0. The van der Waals surface area contributed by atoms with Gasteiger partial charge in [-0.2, -0.15) is 0 Å². The molecule has 3 rings (SSSR count). The van der Waals surface area contributed by atoms with Crippen LogP contribution in [-0.2, 0) is 6.42 Å². The van der Waals surface area contributed by atoms with Crippen molar-refractivity contribution in [1.29, 1.82) is 0 Å². The van der Waals surface area contributed by atoms with Crippen LogP contribution in [0.2, 0.25) is 0 Å². The van der Waals surface area contributed by atoms with Crippen LogP contribution in [0.15, 0.2) is 55.0 Å². The Morgan fingerprint density at radius 1 is 0.606 bits per heavy atom. The van der Waals surface area contributed by atoms with E-state index in [4.69, 9.17) is 4.74 Å². The van der Waals surface area contributed by atoms with E-state index in [1.165, 1.54) is 63.4 Å². The van der Waals surface area contributed by atoms with Crippen molar-refractivity contribution in [3.8, 4) is 28.4 Å². The smallest absolute Gasteiger partial charge is 0.160 e. The van der Waals surface area contributed by atoms with Gasteiger partial charge in [-0.3, -0.25) is 4.98 Å². The zero-order valence-corrected chi connectivity index (χ0v) is 20.4. The molecule has 0 spiro atoms. The fourth-order valence-electron chi connectivity index (χ4n) is 3.91. The molecule has 33 heavy (non-hydrogen) atoms. The van der Waals surface area contributed by atoms with Gasteiger partial charge in [0.1, 0.15) is 0 Å². The largest absolute Gasteiger partial charge is 0.490 e. The molecule has 0 saturated heterocycles. The second-order valence-electron chi connectivity index (χ2n) is 8.80. The summed E-state index contributed by atoms with van der Waals surface area (Å²) < 4.78 is 5.76. The number of rotatable bonds is 15. The molecule has 0 fully saturated rings. The molecule has 0 saturated carbocycles. The van der Waals surface area contributed by atoms with Crippen LogP contribution in [0.25, 0.3) is 22.6 Å². The average molecular weight is 446 g/mol. The molecule has 0 aliphatic heterocycles. The van der Waals surface area contributed by atoms with Crippen molar-refractivity contribution in [3.05, 3.63) is 60.6 Å². The van der Waals surface area contributed by atoms with Crippen LogP contribution in [0, 0.1) is 0 Å². The van der Waals surface area contributed by atoms with E-state index in [0.717, 1.165) is 42.0 Å². The minimum Gasteiger partial charge on any atom is -0.490 e. The monoisotopic (exact) mass is 445 g/mol. The summed E-state index contributed by atoms with van der Waals surface area (Å²) in [6.07, 6.45) is 19.2. The maximum Gasteiger partial charge on any atom is 0.160 e. The molecule has 0 unspecified atom stereocenters. The van der Waals surface area contributed by atoms with Crippen molar-refractivity contribution >= 4 is 0 Å². The minimum atomic E-state index is 0.669. The predicted molar refractivity (Wildman–Crippen MR) is 137 cm³/mol. The third-order valence-corrected chi connectivity index (χ3v) is 5.99. The standard InChI is InChI=1S/C29H39N3O/c1-3-5-7-9-11-13-24-14-16-25(17-15-24)28-19-18-26(21-30-28)29-31-22-27(23-32-29)33-20-12-10-8-6-4-2/h14-19,21-23H,3-13,20H2,1-2H3. The molecule has 0 radical (unpaired) electrons. The molecule has 0 aliphatic carbocycles. The van der Waals surface area contributed by atoms with Crippen LogP contribution >= 0.6 is 0 Å². The van der Waals surface area contributed by atoms with E-state index in [2.05, 4.69) is 53.1 Å². The molecule has 0 N–H and O–H groups in total. The first-order valence-corrected chi connectivity index (χ1v) is 12.8. The second-order valence-corrected chi connectivity index (χ2v) is 8.80. The van der Waals surface area contributed by atoms with Gasteiger partial charge in [0.2, 0.25) is 0 Å². The average Bonchev–Trinajstić information content (AvgIpc) is 2.87. The first-order valence-electron chi connectivity index (χ1n) is 12.8. The van der Waals surface area contributed by atoms with Crippen LogP contribution in [0.5, 0.6) is 5.75 Å². The maximum absolute atomic E-state index is 5.76. The molecular formula is C29H39N3O. The van der Waals surface area contributed by atoms with Gasteiger partial charge in [0.05, 0.1) is 24.7 Å². The fraction of sp³-hybridized carbons (Fsp3) is 0.483. The van der Waals surface area contributed by atoms with E-state index < -0.39 is 0 Å². The van der Waals surface area contributed by atoms with Crippen LogP contribution in [0.1, 0.15) is 83.6 Å². The Morgan fingerprint density at radius 2 is 1.24 bits per heavy atom. The highest BCUT2D eigenvalue weighted by Crippen LogP contribution is 2.22. The van der Waals surface area contributed by atoms with E-state index in [1.54, 1.807) is 12.4 Å². The number of benzene rings is 1. The Bertz CT molecular complexity index is 905. The van der Waals surface area contributed by atoms with E-state index in [-0.39, 0.29) is 0 Å². The number of hydrogen-bond acceptors (Lipinski definition) is 4. The zero-order chi connectivity index (χ0) is 23.1. The lowest BCUT2D eigenvalue weighted by atomic mass is 10.0. The summed E-state index contributed by atoms with van der Waals surface area (Å²) in [5, 5.41) is 0. The van der Waals surface area contributed by atoms with Crippen molar-refractivity contribution in [1.82, 2.24) is 15.0 Å². The number of unbranched alkanes of at least 4 members (excludes halogenated alkanes) is 8. The number of aryl methyl sites for hydroxylation is 1. The predicted octanol–water partition coefficient (Wildman–Crippen LogP) is 8.07. The fourth-order valence-corrected chi connectivity index (χ4v) is 3.91. The SMILES string of the molecule is CCCCCCCOc1cnc(-c2ccc(-c3ccc(CCCCCCC)cc3)nc2)nc1. The van der Waals surface area contributed by atoms with Crippen LogP contribution < -0.4 is 4.74 Å². The lowest BCUT2D eigenvalue weighted by Crippen LogP contribution is -1.99. The Morgan fingerprint density at radius 3 is 1.88 bits per heavy atom. The summed E-state index contributed by atoms with van der Waals surface area (Å²) in [6, 6.07) is 12.9. The number of nitrogens with zero attached hydrogens (tertiary/aromatic N) is 3. The quantitative estimate of drug-likeness (QED) is 0.222. The van der Waals surface area contributed by atoms with Crippen LogP contribution in [0.4, 0.5) is 0 Å². The summed E-state index contributed by atoms with van der Waals surface area (Å²) in [5.41, 5.74) is 4.42. The van der Waals surface area contributed by atoms with Gasteiger partial charge < -0.3 is 4.74 Å². The van der Waals surface area contributed by atoms with Gasteiger partial charge in [0.15, 0.2) is 11.6 Å². The number of pyridine rings is 1. The van der Waals surface area contributed by atoms with Crippen molar-refractivity contribution in [2.24, 2.45) is 0 Å². The normalized spacial score (nSPS) is 11.0. The second kappa shape index (κ2) is 14.4. The minimum absolute atomic E-state index is 0.669. The van der Waals surface area contributed by atoms with E-state index in [1.807, 2.05) is 18.3 Å². The van der Waals surface area contributed by atoms with Crippen molar-refractivity contribution in [2.45, 2.75) is 84.5 Å². The van der Waals surface area contributed by atoms with Gasteiger partial charge in [-0.25, -0.2) is 9.97 Å². The molecular weight excluding hydrogens is 406 g/mol. The Labute approximate surface area is 199 Å². The molecule has 4 nitrogen and oxygen atoms in total. The van der Waals surface area contributed by atoms with E-state index in [0.29, 0.717) is 5.82 Å². The van der Waals surface area contributed by atoms with Crippen LogP contribution in [0.3, 0.4) is 0 Å². The molecule has 2 aromatic heterocycles. The van der Waals surface area contributed by atoms with Gasteiger partial charge in [-0.1, -0.05) is 89.5 Å². The molecule has 0 atom stereocenters. The van der Waals surface area contributed by atoms with Gasteiger partial charge in [0, 0.05) is 17.3 Å². The first kappa shape index (κ1) is 24.9. The zero-order valence-electron chi connectivity index (χ0n) is 20.4. The third kappa shape index (κ3) is 8.60. The van der Waals surface area contributed by atoms with E-state index in [9.17, 15) is 0 Å². The van der Waals surface area contributed by atoms with Crippen molar-refractivity contribution in [3.63, 3.8) is 0 Å². The number of aromatic nitrogens is 3. The van der Waals surface area contributed by atoms with Crippen molar-refractivity contribution < 1.29 is 4.74 Å². The molecule has 0 amide bonds. The number of ether oxygens (including phenoxy) is 1. The van der Waals surface area contributed by atoms with Gasteiger partial charge in [-0.15, -0.1) is 0 Å². The molecule has 2 heterocycles. The maximum atomic E-state index is 5.76. The van der Waals surface area contributed by atoms with Gasteiger partial charge >= 0.3 is 0 Å². The molecule has 1 aromatic carbocycles. The molecule has 0 bridgehead atoms. The molecule has 176 valence electrons. The highest BCUT2D eigenvalue weighted by atomic mass is 16.5. The summed E-state index contributed by atoms with van der Waals surface area (Å²) in [5.74, 6) is 1.40. The molecule has 3 aromatic rings. The highest BCUT2D eigenvalue weighted by Gasteiger charge is 2.05.